The number of nitrogens with one attached hydrogen (secondary N) is 1. The van der Waals surface area contributed by atoms with Gasteiger partial charge >= 0.3 is 0 Å². The Labute approximate surface area is 134 Å². The van der Waals surface area contributed by atoms with Crippen molar-refractivity contribution in [3.63, 3.8) is 0 Å². The van der Waals surface area contributed by atoms with Crippen LogP contribution in [0.25, 0.3) is 22.0 Å². The Hall–Kier alpha value is -1.54. The molecule has 0 saturated heterocycles. The number of hydrogen-bond donors (Lipinski definition) is 1. The number of hydrogen-bond acceptors (Lipinski definition) is 5. The minimum absolute atomic E-state index is 0.705. The topological polar surface area (TPSA) is 50.7 Å². The molecule has 20 heavy (non-hydrogen) atoms. The summed E-state index contributed by atoms with van der Waals surface area (Å²) >= 11 is 3.82. The van der Waals surface area contributed by atoms with Gasteiger partial charge in [-0.25, -0.2) is 9.97 Å². The Morgan fingerprint density at radius 1 is 1.15 bits per heavy atom. The lowest BCUT2D eigenvalue weighted by atomic mass is 10.1. The number of anilines is 1. The number of aromatic nitrogens is 3. The van der Waals surface area contributed by atoms with Gasteiger partial charge in [0.15, 0.2) is 5.82 Å². The van der Waals surface area contributed by atoms with Gasteiger partial charge in [-0.1, -0.05) is 30.3 Å². The Morgan fingerprint density at radius 2 is 1.95 bits per heavy atom. The summed E-state index contributed by atoms with van der Waals surface area (Å²) in [5.41, 5.74) is 3.81. The first-order valence-electron chi connectivity index (χ1n) is 5.99. The number of thiazole rings is 1. The van der Waals surface area contributed by atoms with Gasteiger partial charge in [-0.3, -0.25) is 4.98 Å². The molecule has 0 spiro atoms. The summed E-state index contributed by atoms with van der Waals surface area (Å²) < 4.78 is 1.02. The van der Waals surface area contributed by atoms with E-state index in [1.807, 2.05) is 25.2 Å². The van der Waals surface area contributed by atoms with E-state index in [-0.39, 0.29) is 0 Å². The molecule has 0 aliphatic heterocycles. The lowest BCUT2D eigenvalue weighted by molar-refractivity contribution is 1.16. The van der Waals surface area contributed by atoms with Crippen LogP contribution in [0.4, 0.5) is 5.82 Å². The van der Waals surface area contributed by atoms with Crippen LogP contribution in [0.15, 0.2) is 42.0 Å². The molecule has 2 aromatic heterocycles. The van der Waals surface area contributed by atoms with Crippen molar-refractivity contribution in [1.29, 1.82) is 0 Å². The van der Waals surface area contributed by atoms with Crippen molar-refractivity contribution < 1.29 is 0 Å². The second-order valence-corrected chi connectivity index (χ2v) is 6.01. The summed E-state index contributed by atoms with van der Waals surface area (Å²) in [4.78, 5) is 14.3. The smallest absolute Gasteiger partial charge is 0.173 e. The lowest BCUT2D eigenvalue weighted by Crippen LogP contribution is -2.02. The van der Waals surface area contributed by atoms with Crippen molar-refractivity contribution in [2.24, 2.45) is 0 Å². The van der Waals surface area contributed by atoms with Crippen LogP contribution >= 0.6 is 33.9 Å². The van der Waals surface area contributed by atoms with Gasteiger partial charge in [-0.2, -0.15) is 0 Å². The zero-order valence-corrected chi connectivity index (χ0v) is 13.6. The predicted octanol–water partition coefficient (Wildman–Crippen LogP) is 3.91. The lowest BCUT2D eigenvalue weighted by Gasteiger charge is -2.10. The first kappa shape index (κ1) is 13.4. The Balaban J connectivity index is 2.21. The van der Waals surface area contributed by atoms with Gasteiger partial charge in [0, 0.05) is 18.8 Å². The molecule has 0 saturated carbocycles. The van der Waals surface area contributed by atoms with E-state index in [2.05, 4.69) is 50.0 Å². The predicted molar refractivity (Wildman–Crippen MR) is 90.8 cm³/mol. The molecule has 0 bridgehead atoms. The van der Waals surface area contributed by atoms with Crippen LogP contribution in [0.2, 0.25) is 0 Å². The summed E-state index contributed by atoms with van der Waals surface area (Å²) in [6, 6.07) is 10.1. The van der Waals surface area contributed by atoms with Crippen LogP contribution < -0.4 is 5.32 Å². The fourth-order valence-electron chi connectivity index (χ4n) is 1.84. The van der Waals surface area contributed by atoms with Gasteiger partial charge in [0.05, 0.1) is 19.7 Å². The Morgan fingerprint density at radius 3 is 2.60 bits per heavy atom. The Kier molecular flexibility index (Phi) is 3.93. The van der Waals surface area contributed by atoms with E-state index in [0.717, 1.165) is 25.5 Å². The minimum atomic E-state index is 0.705. The van der Waals surface area contributed by atoms with Crippen molar-refractivity contribution in [3.8, 4) is 22.0 Å². The van der Waals surface area contributed by atoms with Crippen LogP contribution in [-0.2, 0) is 0 Å². The summed E-state index contributed by atoms with van der Waals surface area (Å²) in [6.45, 7) is 0. The molecule has 2 heterocycles. The van der Waals surface area contributed by atoms with E-state index in [4.69, 9.17) is 4.98 Å². The van der Waals surface area contributed by atoms with Gasteiger partial charge in [0.1, 0.15) is 5.82 Å². The highest BCUT2D eigenvalue weighted by molar-refractivity contribution is 14.1. The zero-order valence-electron chi connectivity index (χ0n) is 10.7. The van der Waals surface area contributed by atoms with Gasteiger partial charge in [-0.05, 0) is 22.6 Å². The largest absolute Gasteiger partial charge is 0.372 e. The second kappa shape index (κ2) is 5.84. The average Bonchev–Trinajstić information content (AvgIpc) is 3.03. The molecule has 0 atom stereocenters. The first-order chi connectivity index (χ1) is 9.79. The number of nitrogens with zero attached hydrogens (tertiary/aromatic N) is 3. The van der Waals surface area contributed by atoms with Crippen molar-refractivity contribution in [3.05, 3.63) is 45.6 Å². The molecule has 6 heteroatoms. The molecule has 0 aliphatic rings. The number of rotatable bonds is 3. The van der Waals surface area contributed by atoms with Gasteiger partial charge < -0.3 is 5.32 Å². The van der Waals surface area contributed by atoms with Crippen LogP contribution in [-0.4, -0.2) is 22.0 Å². The molecule has 0 amide bonds. The fraction of sp³-hybridized carbons (Fsp3) is 0.0714. The van der Waals surface area contributed by atoms with Gasteiger partial charge in [0.25, 0.3) is 0 Å². The van der Waals surface area contributed by atoms with E-state index < -0.39 is 0 Å². The van der Waals surface area contributed by atoms with Crippen LogP contribution in [0, 0.1) is 3.57 Å². The zero-order chi connectivity index (χ0) is 13.9. The third-order valence-corrected chi connectivity index (χ3v) is 4.58. The molecular weight excluding hydrogens is 383 g/mol. The molecule has 0 fully saturated rings. The molecule has 1 N–H and O–H groups in total. The summed E-state index contributed by atoms with van der Waals surface area (Å²) in [6.07, 6.45) is 1.79. The monoisotopic (exact) mass is 394 g/mol. The van der Waals surface area contributed by atoms with E-state index in [9.17, 15) is 0 Å². The van der Waals surface area contributed by atoms with Gasteiger partial charge in [0.2, 0.25) is 0 Å². The number of benzene rings is 1. The Bertz CT molecular complexity index is 714. The SMILES string of the molecule is CNc1nc(-c2cncs2)nc(-c2ccccc2)c1I. The van der Waals surface area contributed by atoms with Crippen LogP contribution in [0.5, 0.6) is 0 Å². The highest BCUT2D eigenvalue weighted by Gasteiger charge is 2.14. The maximum Gasteiger partial charge on any atom is 0.173 e. The van der Waals surface area contributed by atoms with Crippen LogP contribution in [0.1, 0.15) is 0 Å². The molecule has 3 rings (SSSR count). The fourth-order valence-corrected chi connectivity index (χ4v) is 3.21. The number of halogens is 1. The van der Waals surface area contributed by atoms with Crippen LogP contribution in [0.3, 0.4) is 0 Å². The molecule has 4 nitrogen and oxygen atoms in total. The van der Waals surface area contributed by atoms with Crippen molar-refractivity contribution in [1.82, 2.24) is 15.0 Å². The summed E-state index contributed by atoms with van der Waals surface area (Å²) in [5, 5.41) is 3.13. The quantitative estimate of drug-likeness (QED) is 0.685. The maximum absolute atomic E-state index is 4.71. The normalized spacial score (nSPS) is 10.5. The van der Waals surface area contributed by atoms with E-state index in [0.29, 0.717) is 5.82 Å². The molecule has 1 aromatic carbocycles. The molecule has 0 radical (unpaired) electrons. The maximum atomic E-state index is 4.71. The highest BCUT2D eigenvalue weighted by atomic mass is 127. The summed E-state index contributed by atoms with van der Waals surface area (Å²) in [5.74, 6) is 1.54. The van der Waals surface area contributed by atoms with E-state index in [1.165, 1.54) is 11.3 Å². The average molecular weight is 394 g/mol. The third kappa shape index (κ3) is 2.53. The van der Waals surface area contributed by atoms with Crippen molar-refractivity contribution in [2.45, 2.75) is 0 Å². The highest BCUT2D eigenvalue weighted by Crippen LogP contribution is 2.31. The molecule has 0 unspecified atom stereocenters. The molecule has 100 valence electrons. The second-order valence-electron chi connectivity index (χ2n) is 4.04. The minimum Gasteiger partial charge on any atom is -0.372 e. The molecule has 0 aliphatic carbocycles. The molecular formula is C14H11IN4S. The first-order valence-corrected chi connectivity index (χ1v) is 7.95. The van der Waals surface area contributed by atoms with Crippen molar-refractivity contribution >= 4 is 39.7 Å². The van der Waals surface area contributed by atoms with E-state index in [1.54, 1.807) is 11.7 Å². The van der Waals surface area contributed by atoms with E-state index >= 15 is 0 Å². The standard InChI is InChI=1S/C14H11IN4S/c1-16-14-11(15)12(9-5-3-2-4-6-9)18-13(19-14)10-7-17-8-20-10/h2-8H,1H3,(H,16,18,19). The third-order valence-electron chi connectivity index (χ3n) is 2.79. The molecule has 3 aromatic rings. The van der Waals surface area contributed by atoms with Gasteiger partial charge in [-0.15, -0.1) is 11.3 Å². The summed E-state index contributed by atoms with van der Waals surface area (Å²) in [7, 11) is 1.87. The van der Waals surface area contributed by atoms with Crippen molar-refractivity contribution in [2.75, 3.05) is 12.4 Å².